The minimum Gasteiger partial charge on any atom is -0.497 e. The number of carbonyl (C=O) groups is 1. The van der Waals surface area contributed by atoms with Crippen LogP contribution in [-0.2, 0) is 16.6 Å². The smallest absolute Gasteiger partial charge is 0.134 e. The third kappa shape index (κ3) is 3.43. The first-order valence-corrected chi connectivity index (χ1v) is 11.6. The van der Waals surface area contributed by atoms with E-state index in [4.69, 9.17) is 4.74 Å². The van der Waals surface area contributed by atoms with Gasteiger partial charge in [0.1, 0.15) is 11.5 Å². The van der Waals surface area contributed by atoms with E-state index in [1.165, 1.54) is 56.3 Å². The highest BCUT2D eigenvalue weighted by Gasteiger charge is 2.58. The summed E-state index contributed by atoms with van der Waals surface area (Å²) in [6.07, 6.45) is 10.5. The van der Waals surface area contributed by atoms with Crippen molar-refractivity contribution in [2.24, 2.45) is 17.8 Å². The number of likely N-dealkylation sites (tertiary alicyclic amines) is 1. The highest BCUT2D eigenvalue weighted by atomic mass is 35.5. The van der Waals surface area contributed by atoms with Crippen molar-refractivity contribution in [3.8, 4) is 5.75 Å². The van der Waals surface area contributed by atoms with Gasteiger partial charge in [-0.15, -0.1) is 12.4 Å². The molecule has 3 fully saturated rings. The van der Waals surface area contributed by atoms with Crippen LogP contribution in [0.25, 0.3) is 0 Å². The van der Waals surface area contributed by atoms with Gasteiger partial charge in [0.15, 0.2) is 0 Å². The van der Waals surface area contributed by atoms with Crippen molar-refractivity contribution in [2.45, 2.75) is 76.2 Å². The monoisotopic (exact) mass is 417 g/mol. The minimum absolute atomic E-state index is 0. The second-order valence-corrected chi connectivity index (χ2v) is 9.99. The first-order chi connectivity index (χ1) is 13.6. The molecule has 2 bridgehead atoms. The number of hydrogen-bond donors (Lipinski definition) is 0. The zero-order valence-corrected chi connectivity index (χ0v) is 18.8. The lowest BCUT2D eigenvalue weighted by Gasteiger charge is -2.61. The summed E-state index contributed by atoms with van der Waals surface area (Å²) < 4.78 is 5.60. The van der Waals surface area contributed by atoms with E-state index in [1.807, 2.05) is 0 Å². The maximum atomic E-state index is 12.9. The van der Waals surface area contributed by atoms with Gasteiger partial charge in [0.25, 0.3) is 0 Å². The van der Waals surface area contributed by atoms with Crippen LogP contribution < -0.4 is 4.74 Å². The predicted molar refractivity (Wildman–Crippen MR) is 119 cm³/mol. The Labute approximate surface area is 182 Å². The molecule has 4 aliphatic rings. The van der Waals surface area contributed by atoms with Gasteiger partial charge in [-0.05, 0) is 79.7 Å². The lowest BCUT2D eigenvalue weighted by Crippen LogP contribution is -2.65. The van der Waals surface area contributed by atoms with Crippen molar-refractivity contribution < 1.29 is 9.53 Å². The number of hydrogen-bond acceptors (Lipinski definition) is 3. The molecule has 29 heavy (non-hydrogen) atoms. The molecular formula is C25H36ClNO2. The minimum atomic E-state index is 0. The summed E-state index contributed by atoms with van der Waals surface area (Å²) in [5, 5.41) is 0. The average Bonchev–Trinajstić information content (AvgIpc) is 2.65. The third-order valence-electron chi connectivity index (χ3n) is 8.54. The Bertz CT molecular complexity index is 761. The molecule has 5 rings (SSSR count). The topological polar surface area (TPSA) is 29.5 Å². The summed E-state index contributed by atoms with van der Waals surface area (Å²) >= 11 is 0. The molecule has 0 aromatic heterocycles. The number of ketones is 1. The van der Waals surface area contributed by atoms with E-state index in [2.05, 4.69) is 30.0 Å². The zero-order chi connectivity index (χ0) is 19.3. The van der Waals surface area contributed by atoms with Crippen LogP contribution in [0, 0.1) is 17.8 Å². The van der Waals surface area contributed by atoms with Gasteiger partial charge in [-0.25, -0.2) is 0 Å². The van der Waals surface area contributed by atoms with Crippen molar-refractivity contribution in [1.82, 2.24) is 4.90 Å². The maximum Gasteiger partial charge on any atom is 0.134 e. The van der Waals surface area contributed by atoms with Crippen LogP contribution in [0.3, 0.4) is 0 Å². The fourth-order valence-corrected chi connectivity index (χ4v) is 7.19. The molecule has 4 atom stereocenters. The van der Waals surface area contributed by atoms with Crippen molar-refractivity contribution in [3.63, 3.8) is 0 Å². The molecule has 3 aliphatic carbocycles. The van der Waals surface area contributed by atoms with Crippen LogP contribution in [0.15, 0.2) is 18.2 Å². The van der Waals surface area contributed by atoms with E-state index in [0.29, 0.717) is 23.7 Å². The van der Waals surface area contributed by atoms with Crippen molar-refractivity contribution in [3.05, 3.63) is 29.3 Å². The van der Waals surface area contributed by atoms with Gasteiger partial charge in [-0.3, -0.25) is 9.69 Å². The molecule has 1 aromatic carbocycles. The number of piperidine rings is 1. The zero-order valence-electron chi connectivity index (χ0n) is 18.0. The number of ether oxygens (including phenoxy) is 1. The predicted octanol–water partition coefficient (Wildman–Crippen LogP) is 5.18. The highest BCUT2D eigenvalue weighted by molar-refractivity contribution is 5.85. The highest BCUT2D eigenvalue weighted by Crippen LogP contribution is 2.58. The molecule has 1 heterocycles. The van der Waals surface area contributed by atoms with Gasteiger partial charge < -0.3 is 4.74 Å². The van der Waals surface area contributed by atoms with Crippen LogP contribution in [0.1, 0.15) is 69.4 Å². The van der Waals surface area contributed by atoms with Crippen LogP contribution in [0.4, 0.5) is 0 Å². The van der Waals surface area contributed by atoms with Gasteiger partial charge in [0, 0.05) is 30.8 Å². The number of rotatable bonds is 5. The molecule has 0 unspecified atom stereocenters. The Kier molecular flexibility index (Phi) is 6.01. The van der Waals surface area contributed by atoms with Gasteiger partial charge in [0.2, 0.25) is 0 Å². The summed E-state index contributed by atoms with van der Waals surface area (Å²) in [5.74, 6) is 3.56. The summed E-state index contributed by atoms with van der Waals surface area (Å²) in [4.78, 5) is 15.8. The van der Waals surface area contributed by atoms with Gasteiger partial charge in [-0.2, -0.15) is 0 Å². The molecular weight excluding hydrogens is 382 g/mol. The van der Waals surface area contributed by atoms with Crippen LogP contribution in [0.5, 0.6) is 5.75 Å². The van der Waals surface area contributed by atoms with E-state index in [0.717, 1.165) is 37.4 Å². The summed E-state index contributed by atoms with van der Waals surface area (Å²) in [6, 6.07) is 7.32. The quantitative estimate of drug-likeness (QED) is 0.660. The number of methoxy groups -OCH3 is 1. The first kappa shape index (κ1) is 21.2. The molecule has 1 saturated heterocycles. The second kappa shape index (κ2) is 8.23. The van der Waals surface area contributed by atoms with Crippen molar-refractivity contribution in [2.75, 3.05) is 20.2 Å². The number of benzene rings is 1. The summed E-state index contributed by atoms with van der Waals surface area (Å²) in [6.45, 7) is 4.74. The Morgan fingerprint density at radius 1 is 1.24 bits per heavy atom. The molecule has 3 nitrogen and oxygen atoms in total. The molecule has 1 aliphatic heterocycles. The van der Waals surface area contributed by atoms with E-state index < -0.39 is 0 Å². The number of halogens is 1. The molecule has 160 valence electrons. The molecule has 4 heteroatoms. The molecule has 0 radical (unpaired) electrons. The van der Waals surface area contributed by atoms with E-state index in [9.17, 15) is 4.79 Å². The number of nitrogens with zero attached hydrogens (tertiary/aromatic N) is 1. The summed E-state index contributed by atoms with van der Waals surface area (Å²) in [7, 11) is 1.76. The third-order valence-corrected chi connectivity index (χ3v) is 8.54. The first-order valence-electron chi connectivity index (χ1n) is 11.6. The second-order valence-electron chi connectivity index (χ2n) is 9.99. The Hall–Kier alpha value is -1.06. The molecule has 1 aromatic rings. The lowest BCUT2D eigenvalue weighted by molar-refractivity contribution is -0.132. The van der Waals surface area contributed by atoms with Crippen LogP contribution in [0.2, 0.25) is 0 Å². The lowest BCUT2D eigenvalue weighted by atomic mass is 9.48. The number of carbonyl (C=O) groups excluding carboxylic acids is 1. The maximum absolute atomic E-state index is 12.9. The molecule has 2 saturated carbocycles. The molecule has 0 spiro atoms. The normalized spacial score (nSPS) is 33.9. The fraction of sp³-hybridized carbons (Fsp3) is 0.720. The molecule has 0 amide bonds. The Morgan fingerprint density at radius 3 is 2.76 bits per heavy atom. The van der Waals surface area contributed by atoms with Crippen molar-refractivity contribution in [1.29, 1.82) is 0 Å². The van der Waals surface area contributed by atoms with E-state index in [1.54, 1.807) is 7.11 Å². The fourth-order valence-electron chi connectivity index (χ4n) is 7.19. The van der Waals surface area contributed by atoms with Crippen LogP contribution >= 0.6 is 12.4 Å². The number of fused-ring (bicyclic) bond motifs is 1. The molecule has 0 N–H and O–H groups in total. The van der Waals surface area contributed by atoms with E-state index >= 15 is 0 Å². The summed E-state index contributed by atoms with van der Waals surface area (Å²) in [5.41, 5.74) is 2.98. The van der Waals surface area contributed by atoms with Crippen molar-refractivity contribution >= 4 is 18.2 Å². The standard InChI is InChI=1S/C25H35NO2.ClH/c1-3-5-19-12-20(27)15-25-10-11-26(16-17-6-4-7-17)23(24(19)25)13-18-8-9-21(28-2)14-22(18)25;/h8-9,14,17,19,23-24H,3-7,10-13,15-16H2,1-2H3;1H/t19-,23-,24+,25-;/m1./s1. The largest absolute Gasteiger partial charge is 0.497 e. The van der Waals surface area contributed by atoms with Gasteiger partial charge in [0.05, 0.1) is 7.11 Å². The van der Waals surface area contributed by atoms with Gasteiger partial charge in [-0.1, -0.05) is 25.8 Å². The Balaban J connectivity index is 0.00000205. The van der Waals surface area contributed by atoms with Crippen LogP contribution in [-0.4, -0.2) is 36.9 Å². The van der Waals surface area contributed by atoms with E-state index in [-0.39, 0.29) is 17.8 Å². The Morgan fingerprint density at radius 2 is 2.07 bits per heavy atom. The SMILES string of the molecule is CCC[C@@H]1CC(=O)C[C@]23CCN(CC4CCC4)[C@H](Cc4ccc(OC)cc42)[C@H]13.Cl. The average molecular weight is 418 g/mol. The van der Waals surface area contributed by atoms with Gasteiger partial charge >= 0.3 is 0 Å². The number of Topliss-reactive ketones (excluding diaryl/α,β-unsaturated/α-hetero) is 1.